The van der Waals surface area contributed by atoms with E-state index in [1.165, 1.54) is 6.07 Å². The maximum Gasteiger partial charge on any atom is 0.264 e. The van der Waals surface area contributed by atoms with Crippen LogP contribution in [0.5, 0.6) is 5.75 Å². The predicted octanol–water partition coefficient (Wildman–Crippen LogP) is 1.45. The zero-order valence-electron chi connectivity index (χ0n) is 8.23. The first kappa shape index (κ1) is 9.45. The summed E-state index contributed by atoms with van der Waals surface area (Å²) in [6.45, 7) is 0. The van der Waals surface area contributed by atoms with Crippen molar-refractivity contribution < 1.29 is 4.74 Å². The minimum absolute atomic E-state index is 0.224. The van der Waals surface area contributed by atoms with Gasteiger partial charge in [0, 0.05) is 17.2 Å². The molecule has 0 amide bonds. The fourth-order valence-corrected chi connectivity index (χ4v) is 1.41. The molecule has 4 heteroatoms. The van der Waals surface area contributed by atoms with Crippen LogP contribution in [0.25, 0.3) is 11.1 Å². The molecule has 0 saturated carbocycles. The normalized spacial score (nSPS) is 9.93. The molecule has 0 aliphatic heterocycles. The molecular weight excluding hydrogens is 192 g/mol. The molecule has 0 aliphatic rings. The number of methoxy groups -OCH3 is 1. The van der Waals surface area contributed by atoms with Crippen molar-refractivity contribution in [2.24, 2.45) is 0 Å². The molecule has 0 unspecified atom stereocenters. The number of benzene rings is 1. The van der Waals surface area contributed by atoms with E-state index in [9.17, 15) is 4.79 Å². The molecule has 15 heavy (non-hydrogen) atoms. The van der Waals surface area contributed by atoms with Gasteiger partial charge in [0.2, 0.25) is 0 Å². The number of ether oxygens (including phenoxy) is 1. The summed E-state index contributed by atoms with van der Waals surface area (Å²) in [5.74, 6) is 0.727. The van der Waals surface area contributed by atoms with Gasteiger partial charge >= 0.3 is 0 Å². The molecule has 0 saturated heterocycles. The first-order valence-corrected chi connectivity index (χ1v) is 4.49. The van der Waals surface area contributed by atoms with Gasteiger partial charge in [0.15, 0.2) is 0 Å². The maximum atomic E-state index is 11.1. The van der Waals surface area contributed by atoms with Crippen LogP contribution in [0.1, 0.15) is 0 Å². The quantitative estimate of drug-likeness (QED) is 0.801. The highest BCUT2D eigenvalue weighted by Gasteiger charge is 2.04. The van der Waals surface area contributed by atoms with Crippen LogP contribution in [0.15, 0.2) is 41.3 Å². The number of hydrogen-bond donors (Lipinski definition) is 1. The van der Waals surface area contributed by atoms with E-state index in [1.807, 2.05) is 24.3 Å². The third kappa shape index (κ3) is 1.88. The van der Waals surface area contributed by atoms with E-state index < -0.39 is 0 Å². The van der Waals surface area contributed by atoms with E-state index in [0.29, 0.717) is 0 Å². The highest BCUT2D eigenvalue weighted by Crippen LogP contribution is 2.27. The third-order valence-electron chi connectivity index (χ3n) is 2.08. The summed E-state index contributed by atoms with van der Waals surface area (Å²) in [5, 5.41) is 6.08. The molecule has 2 rings (SSSR count). The monoisotopic (exact) mass is 202 g/mol. The Morgan fingerprint density at radius 2 is 2.13 bits per heavy atom. The van der Waals surface area contributed by atoms with Crippen LogP contribution < -0.4 is 10.3 Å². The van der Waals surface area contributed by atoms with Crippen LogP contribution in [0.3, 0.4) is 0 Å². The lowest BCUT2D eigenvalue weighted by Crippen LogP contribution is -2.05. The van der Waals surface area contributed by atoms with Gasteiger partial charge < -0.3 is 4.74 Å². The van der Waals surface area contributed by atoms with E-state index in [1.54, 1.807) is 13.3 Å². The molecule has 0 spiro atoms. The molecule has 1 N–H and O–H groups in total. The first-order valence-electron chi connectivity index (χ1n) is 4.49. The van der Waals surface area contributed by atoms with Gasteiger partial charge in [0.1, 0.15) is 5.75 Å². The van der Waals surface area contributed by atoms with Gasteiger partial charge in [0.25, 0.3) is 5.56 Å². The Morgan fingerprint density at radius 3 is 2.87 bits per heavy atom. The standard InChI is InChI=1S/C11H10N2O2/c1-15-10-5-3-2-4-9(10)8-6-11(14)13-12-7-8/h2-7H,1H3,(H,13,14). The summed E-state index contributed by atoms with van der Waals surface area (Å²) in [6.07, 6.45) is 1.60. The number of nitrogens with zero attached hydrogens (tertiary/aromatic N) is 1. The van der Waals surface area contributed by atoms with Crippen molar-refractivity contribution in [3.8, 4) is 16.9 Å². The smallest absolute Gasteiger partial charge is 0.264 e. The van der Waals surface area contributed by atoms with E-state index in [2.05, 4.69) is 10.2 Å². The summed E-state index contributed by atoms with van der Waals surface area (Å²) in [7, 11) is 1.60. The zero-order chi connectivity index (χ0) is 10.7. The molecule has 1 heterocycles. The van der Waals surface area contributed by atoms with Crippen molar-refractivity contribution >= 4 is 0 Å². The summed E-state index contributed by atoms with van der Waals surface area (Å²) in [6, 6.07) is 8.98. The molecule has 4 nitrogen and oxygen atoms in total. The second-order valence-electron chi connectivity index (χ2n) is 3.03. The fourth-order valence-electron chi connectivity index (χ4n) is 1.41. The van der Waals surface area contributed by atoms with E-state index in [-0.39, 0.29) is 5.56 Å². The number of aromatic amines is 1. The minimum atomic E-state index is -0.224. The van der Waals surface area contributed by atoms with E-state index >= 15 is 0 Å². The molecule has 0 aliphatic carbocycles. The molecule has 0 bridgehead atoms. The summed E-state index contributed by atoms with van der Waals surface area (Å²) >= 11 is 0. The van der Waals surface area contributed by atoms with Gasteiger partial charge in [-0.15, -0.1) is 0 Å². The minimum Gasteiger partial charge on any atom is -0.496 e. The van der Waals surface area contributed by atoms with Gasteiger partial charge in [0.05, 0.1) is 13.3 Å². The molecule has 0 fully saturated rings. The number of aromatic nitrogens is 2. The highest BCUT2D eigenvalue weighted by molar-refractivity contribution is 5.69. The molecule has 1 aromatic carbocycles. The first-order chi connectivity index (χ1) is 7.31. The Bertz CT molecular complexity index is 520. The van der Waals surface area contributed by atoms with Crippen LogP contribution in [0, 0.1) is 0 Å². The Balaban J connectivity index is 2.58. The van der Waals surface area contributed by atoms with Crippen molar-refractivity contribution in [1.29, 1.82) is 0 Å². The Kier molecular flexibility index (Phi) is 2.49. The summed E-state index contributed by atoms with van der Waals surface area (Å²) in [5.41, 5.74) is 1.38. The van der Waals surface area contributed by atoms with Crippen molar-refractivity contribution in [2.45, 2.75) is 0 Å². The largest absolute Gasteiger partial charge is 0.496 e. The highest BCUT2D eigenvalue weighted by atomic mass is 16.5. The Hall–Kier alpha value is -2.10. The van der Waals surface area contributed by atoms with Gasteiger partial charge in [-0.2, -0.15) is 5.10 Å². The van der Waals surface area contributed by atoms with E-state index in [4.69, 9.17) is 4.74 Å². The SMILES string of the molecule is COc1ccccc1-c1cn[nH]c(=O)c1. The summed E-state index contributed by atoms with van der Waals surface area (Å²) in [4.78, 5) is 11.1. The van der Waals surface area contributed by atoms with Crippen molar-refractivity contribution in [2.75, 3.05) is 7.11 Å². The predicted molar refractivity (Wildman–Crippen MR) is 56.8 cm³/mol. The average molecular weight is 202 g/mol. The van der Waals surface area contributed by atoms with Gasteiger partial charge in [-0.05, 0) is 6.07 Å². The van der Waals surface area contributed by atoms with Crippen molar-refractivity contribution in [1.82, 2.24) is 10.2 Å². The van der Waals surface area contributed by atoms with Crippen molar-refractivity contribution in [3.05, 3.63) is 46.9 Å². The van der Waals surface area contributed by atoms with Crippen LogP contribution >= 0.6 is 0 Å². The maximum absolute atomic E-state index is 11.1. The second kappa shape index (κ2) is 3.96. The second-order valence-corrected chi connectivity index (χ2v) is 3.03. The number of hydrogen-bond acceptors (Lipinski definition) is 3. The van der Waals surface area contributed by atoms with Gasteiger partial charge in [-0.1, -0.05) is 18.2 Å². The van der Waals surface area contributed by atoms with E-state index in [0.717, 1.165) is 16.9 Å². The Labute approximate surface area is 86.5 Å². The lowest BCUT2D eigenvalue weighted by atomic mass is 10.1. The zero-order valence-corrected chi connectivity index (χ0v) is 8.23. The number of nitrogens with one attached hydrogen (secondary N) is 1. The Morgan fingerprint density at radius 1 is 1.33 bits per heavy atom. The number of para-hydroxylation sites is 1. The molecular formula is C11H10N2O2. The molecule has 0 radical (unpaired) electrons. The molecule has 1 aromatic heterocycles. The molecule has 0 atom stereocenters. The molecule has 2 aromatic rings. The van der Waals surface area contributed by atoms with Crippen LogP contribution in [-0.2, 0) is 0 Å². The van der Waals surface area contributed by atoms with Gasteiger partial charge in [-0.3, -0.25) is 4.79 Å². The molecule has 76 valence electrons. The van der Waals surface area contributed by atoms with Crippen molar-refractivity contribution in [3.63, 3.8) is 0 Å². The topological polar surface area (TPSA) is 55.0 Å². The summed E-state index contributed by atoms with van der Waals surface area (Å²) < 4.78 is 5.20. The average Bonchev–Trinajstić information content (AvgIpc) is 2.29. The van der Waals surface area contributed by atoms with Gasteiger partial charge in [-0.25, -0.2) is 5.10 Å². The lowest BCUT2D eigenvalue weighted by Gasteiger charge is -2.06. The third-order valence-corrected chi connectivity index (χ3v) is 2.08. The number of H-pyrrole nitrogens is 1. The number of rotatable bonds is 2. The van der Waals surface area contributed by atoms with Crippen LogP contribution in [0.2, 0.25) is 0 Å². The van der Waals surface area contributed by atoms with Crippen LogP contribution in [-0.4, -0.2) is 17.3 Å². The fraction of sp³-hybridized carbons (Fsp3) is 0.0909. The van der Waals surface area contributed by atoms with Crippen LogP contribution in [0.4, 0.5) is 0 Å². The lowest BCUT2D eigenvalue weighted by molar-refractivity contribution is 0.416.